The van der Waals surface area contributed by atoms with Crippen LogP contribution in [0, 0.1) is 11.7 Å². The van der Waals surface area contributed by atoms with Crippen molar-refractivity contribution in [1.29, 1.82) is 0 Å². The van der Waals surface area contributed by atoms with Crippen LogP contribution in [0.5, 0.6) is 0 Å². The number of rotatable bonds is 8. The van der Waals surface area contributed by atoms with Gasteiger partial charge in [-0.15, -0.1) is 0 Å². The molecule has 0 unspecified atom stereocenters. The van der Waals surface area contributed by atoms with E-state index < -0.39 is 15.7 Å². The molecule has 3 aromatic rings. The van der Waals surface area contributed by atoms with E-state index in [1.165, 1.54) is 24.4 Å². The van der Waals surface area contributed by atoms with Crippen LogP contribution in [0.15, 0.2) is 65.7 Å². The van der Waals surface area contributed by atoms with Crippen LogP contribution in [0.25, 0.3) is 0 Å². The van der Waals surface area contributed by atoms with Gasteiger partial charge in [-0.2, -0.15) is 0 Å². The van der Waals surface area contributed by atoms with E-state index in [0.717, 1.165) is 6.26 Å². The Kier molecular flexibility index (Phi) is 8.63. The van der Waals surface area contributed by atoms with Crippen LogP contribution in [0.3, 0.4) is 0 Å². The molecule has 38 heavy (non-hydrogen) atoms. The summed E-state index contributed by atoms with van der Waals surface area (Å²) >= 11 is 6.01. The number of sulfone groups is 1. The monoisotopic (exact) mass is 558 g/mol. The molecule has 0 spiro atoms. The molecule has 200 valence electrons. The molecule has 0 atom stereocenters. The van der Waals surface area contributed by atoms with Crippen molar-refractivity contribution in [3.63, 3.8) is 0 Å². The van der Waals surface area contributed by atoms with Gasteiger partial charge in [-0.1, -0.05) is 35.9 Å². The zero-order valence-corrected chi connectivity index (χ0v) is 22.4. The fourth-order valence-corrected chi connectivity index (χ4v) is 5.09. The van der Waals surface area contributed by atoms with E-state index in [0.29, 0.717) is 54.3 Å². The minimum absolute atomic E-state index is 0.0101. The van der Waals surface area contributed by atoms with Crippen molar-refractivity contribution in [2.75, 3.05) is 29.6 Å². The molecule has 11 heteroatoms. The number of aromatic nitrogens is 1. The first kappa shape index (κ1) is 27.5. The molecule has 2 aromatic carbocycles. The second-order valence-electron chi connectivity index (χ2n) is 9.28. The SMILES string of the molecule is CS(=O)(=O)c1cnc(N2CCC(CC(=O)NCc3ccccc3F)CC2)c(NC(=O)c2cccc(Cl)c2)c1. The molecule has 8 nitrogen and oxygen atoms in total. The van der Waals surface area contributed by atoms with Gasteiger partial charge in [0.05, 0.1) is 10.6 Å². The van der Waals surface area contributed by atoms with Gasteiger partial charge in [-0.3, -0.25) is 9.59 Å². The van der Waals surface area contributed by atoms with Crippen molar-refractivity contribution in [3.8, 4) is 0 Å². The molecule has 1 aliphatic heterocycles. The standard InChI is InChI=1S/C27H28ClFN4O4S/c1-38(36,37)22-15-24(32-27(35)19-6-4-7-21(28)14-19)26(31-17-22)33-11-9-18(10-12-33)13-25(34)30-16-20-5-2-3-8-23(20)29/h2-8,14-15,17-18H,9-13,16H2,1H3,(H,30,34)(H,32,35). The van der Waals surface area contributed by atoms with Gasteiger partial charge in [0.1, 0.15) is 5.82 Å². The molecule has 0 saturated carbocycles. The molecular weight excluding hydrogens is 531 g/mol. The summed E-state index contributed by atoms with van der Waals surface area (Å²) in [7, 11) is -3.55. The zero-order valence-electron chi connectivity index (χ0n) is 20.8. The largest absolute Gasteiger partial charge is 0.355 e. The Morgan fingerprint density at radius 1 is 1.11 bits per heavy atom. The quantitative estimate of drug-likeness (QED) is 0.423. The fraction of sp³-hybridized carbons (Fsp3) is 0.296. The van der Waals surface area contributed by atoms with Crippen LogP contribution in [0.2, 0.25) is 5.02 Å². The third-order valence-corrected chi connectivity index (χ3v) is 7.74. The van der Waals surface area contributed by atoms with Crippen molar-refractivity contribution >= 4 is 44.8 Å². The number of nitrogens with one attached hydrogen (secondary N) is 2. The molecule has 1 aromatic heterocycles. The first-order valence-electron chi connectivity index (χ1n) is 12.1. The Hall–Kier alpha value is -3.50. The summed E-state index contributed by atoms with van der Waals surface area (Å²) in [6, 6.07) is 14.2. The number of benzene rings is 2. The molecule has 0 aliphatic carbocycles. The number of nitrogens with zero attached hydrogens (tertiary/aromatic N) is 2. The molecular formula is C27H28ClFN4O4S. The Balaban J connectivity index is 1.42. The molecule has 2 N–H and O–H groups in total. The van der Waals surface area contributed by atoms with Crippen molar-refractivity contribution in [1.82, 2.24) is 10.3 Å². The highest BCUT2D eigenvalue weighted by Gasteiger charge is 2.25. The lowest BCUT2D eigenvalue weighted by molar-refractivity contribution is -0.122. The van der Waals surface area contributed by atoms with Gasteiger partial charge < -0.3 is 15.5 Å². The predicted octanol–water partition coefficient (Wildman–Crippen LogP) is 4.45. The van der Waals surface area contributed by atoms with Crippen LogP contribution >= 0.6 is 11.6 Å². The van der Waals surface area contributed by atoms with E-state index in [2.05, 4.69) is 15.6 Å². The first-order chi connectivity index (χ1) is 18.1. The smallest absolute Gasteiger partial charge is 0.255 e. The van der Waals surface area contributed by atoms with Crippen molar-refractivity contribution in [2.24, 2.45) is 5.92 Å². The second-order valence-corrected chi connectivity index (χ2v) is 11.7. The molecule has 1 aliphatic rings. The molecule has 4 rings (SSSR count). The molecule has 2 amide bonds. The van der Waals surface area contributed by atoms with Gasteiger partial charge in [0.2, 0.25) is 5.91 Å². The summed E-state index contributed by atoms with van der Waals surface area (Å²) in [6.45, 7) is 1.27. The Morgan fingerprint density at radius 2 is 1.84 bits per heavy atom. The van der Waals surface area contributed by atoms with Crippen LogP contribution in [-0.4, -0.2) is 44.6 Å². The number of halogens is 2. The lowest BCUT2D eigenvalue weighted by Gasteiger charge is -2.33. The maximum atomic E-state index is 13.8. The number of anilines is 2. The normalized spacial score (nSPS) is 14.2. The Morgan fingerprint density at radius 3 is 2.53 bits per heavy atom. The van der Waals surface area contributed by atoms with Gasteiger partial charge in [-0.25, -0.2) is 17.8 Å². The van der Waals surface area contributed by atoms with E-state index in [1.54, 1.807) is 36.4 Å². The van der Waals surface area contributed by atoms with Crippen LogP contribution in [-0.2, 0) is 21.2 Å². The lowest BCUT2D eigenvalue weighted by Crippen LogP contribution is -2.37. The molecule has 1 fully saturated rings. The third-order valence-electron chi connectivity index (χ3n) is 6.43. The van der Waals surface area contributed by atoms with Gasteiger partial charge in [0, 0.05) is 54.7 Å². The summed E-state index contributed by atoms with van der Waals surface area (Å²) in [5, 5.41) is 5.97. The topological polar surface area (TPSA) is 108 Å². The van der Waals surface area contributed by atoms with Crippen LogP contribution in [0.4, 0.5) is 15.9 Å². The summed E-state index contributed by atoms with van der Waals surface area (Å²) in [6.07, 6.45) is 4.08. The van der Waals surface area contributed by atoms with Gasteiger partial charge in [0.25, 0.3) is 5.91 Å². The van der Waals surface area contributed by atoms with E-state index in [1.807, 2.05) is 4.90 Å². The summed E-state index contributed by atoms with van der Waals surface area (Å²) in [5.74, 6) is -0.352. The van der Waals surface area contributed by atoms with Gasteiger partial charge in [0.15, 0.2) is 15.7 Å². The zero-order chi connectivity index (χ0) is 27.3. The van der Waals surface area contributed by atoms with E-state index in [-0.39, 0.29) is 34.8 Å². The molecule has 2 heterocycles. The summed E-state index contributed by atoms with van der Waals surface area (Å²) in [4.78, 5) is 31.7. The second kappa shape index (κ2) is 11.9. The molecule has 0 bridgehead atoms. The Bertz CT molecular complexity index is 1440. The van der Waals surface area contributed by atoms with Gasteiger partial charge in [-0.05, 0) is 49.1 Å². The highest BCUT2D eigenvalue weighted by Crippen LogP contribution is 2.31. The fourth-order valence-electron chi connectivity index (χ4n) is 4.33. The van der Waals surface area contributed by atoms with Crippen LogP contribution in [0.1, 0.15) is 35.2 Å². The van der Waals surface area contributed by atoms with Crippen LogP contribution < -0.4 is 15.5 Å². The number of pyridine rings is 1. The maximum absolute atomic E-state index is 13.8. The highest BCUT2D eigenvalue weighted by atomic mass is 35.5. The van der Waals surface area contributed by atoms with Gasteiger partial charge >= 0.3 is 0 Å². The molecule has 1 saturated heterocycles. The lowest BCUT2D eigenvalue weighted by atomic mass is 9.93. The number of hydrogen-bond donors (Lipinski definition) is 2. The number of carbonyl (C=O) groups excluding carboxylic acids is 2. The van der Waals surface area contributed by atoms with E-state index >= 15 is 0 Å². The summed E-state index contributed by atoms with van der Waals surface area (Å²) < 4.78 is 38.1. The maximum Gasteiger partial charge on any atom is 0.255 e. The van der Waals surface area contributed by atoms with Crippen molar-refractivity contribution < 1.29 is 22.4 Å². The minimum Gasteiger partial charge on any atom is -0.355 e. The highest BCUT2D eigenvalue weighted by molar-refractivity contribution is 7.90. The van der Waals surface area contributed by atoms with Crippen molar-refractivity contribution in [3.05, 3.63) is 82.8 Å². The number of amides is 2. The van der Waals surface area contributed by atoms with Crippen molar-refractivity contribution in [2.45, 2.75) is 30.7 Å². The average Bonchev–Trinajstić information content (AvgIpc) is 2.88. The Labute approximate surface area is 226 Å². The number of hydrogen-bond acceptors (Lipinski definition) is 6. The first-order valence-corrected chi connectivity index (χ1v) is 14.4. The third kappa shape index (κ3) is 7.08. The minimum atomic E-state index is -3.55. The molecule has 0 radical (unpaired) electrons. The summed E-state index contributed by atoms with van der Waals surface area (Å²) in [5.41, 5.74) is 1.04. The van der Waals surface area contributed by atoms with E-state index in [9.17, 15) is 22.4 Å². The predicted molar refractivity (Wildman–Crippen MR) is 145 cm³/mol. The number of piperidine rings is 1. The van der Waals surface area contributed by atoms with E-state index in [4.69, 9.17) is 11.6 Å². The number of carbonyl (C=O) groups is 2. The average molecular weight is 559 g/mol.